The van der Waals surface area contributed by atoms with Gasteiger partial charge in [0.05, 0.1) is 17.3 Å². The van der Waals surface area contributed by atoms with Crippen LogP contribution in [0.2, 0.25) is 0 Å². The maximum atomic E-state index is 11.2. The Morgan fingerprint density at radius 2 is 2.31 bits per heavy atom. The first-order valence-electron chi connectivity index (χ1n) is 5.31. The minimum Gasteiger partial charge on any atom is -0.481 e. The quantitative estimate of drug-likeness (QED) is 0.859. The zero-order valence-electron chi connectivity index (χ0n) is 9.34. The molecule has 0 aromatic carbocycles. The van der Waals surface area contributed by atoms with Crippen LogP contribution in [0.4, 0.5) is 0 Å². The fraction of sp³-hybridized carbons (Fsp3) is 0.333. The average molecular weight is 218 g/mol. The normalized spacial score (nSPS) is 12.9. The molecule has 2 rings (SSSR count). The molecule has 0 aliphatic carbocycles. The van der Waals surface area contributed by atoms with E-state index in [4.69, 9.17) is 0 Å². The van der Waals surface area contributed by atoms with Crippen molar-refractivity contribution in [2.75, 3.05) is 0 Å². The number of aliphatic carboxylic acids is 1. The van der Waals surface area contributed by atoms with Gasteiger partial charge in [-0.3, -0.25) is 4.79 Å². The standard InChI is InChI=1S/C12H14N2O2/c1-3-9(12(15)16)11-8(2)13-10-6-4-5-7-14(10)11/h4-7,9H,3H2,1-2H3,(H,15,16). The van der Waals surface area contributed by atoms with Gasteiger partial charge in [0.2, 0.25) is 0 Å². The average Bonchev–Trinajstić information content (AvgIpc) is 2.57. The summed E-state index contributed by atoms with van der Waals surface area (Å²) < 4.78 is 1.86. The van der Waals surface area contributed by atoms with Gasteiger partial charge < -0.3 is 9.51 Å². The van der Waals surface area contributed by atoms with Crippen LogP contribution in [0.3, 0.4) is 0 Å². The first-order valence-corrected chi connectivity index (χ1v) is 5.31. The molecule has 1 unspecified atom stereocenters. The number of aromatic nitrogens is 2. The van der Waals surface area contributed by atoms with Gasteiger partial charge in [0, 0.05) is 6.20 Å². The number of rotatable bonds is 3. The lowest BCUT2D eigenvalue weighted by atomic mass is 10.0. The summed E-state index contributed by atoms with van der Waals surface area (Å²) in [4.78, 5) is 15.5. The van der Waals surface area contributed by atoms with E-state index < -0.39 is 11.9 Å². The Labute approximate surface area is 93.5 Å². The summed E-state index contributed by atoms with van der Waals surface area (Å²) >= 11 is 0. The molecule has 2 heterocycles. The van der Waals surface area contributed by atoms with E-state index in [0.717, 1.165) is 17.0 Å². The second-order valence-electron chi connectivity index (χ2n) is 3.81. The molecular weight excluding hydrogens is 204 g/mol. The lowest BCUT2D eigenvalue weighted by molar-refractivity contribution is -0.139. The van der Waals surface area contributed by atoms with E-state index in [9.17, 15) is 9.90 Å². The molecule has 0 aliphatic heterocycles. The Hall–Kier alpha value is -1.84. The van der Waals surface area contributed by atoms with Crippen molar-refractivity contribution < 1.29 is 9.90 Å². The summed E-state index contributed by atoms with van der Waals surface area (Å²) in [6, 6.07) is 5.66. The van der Waals surface area contributed by atoms with Gasteiger partial charge in [-0.15, -0.1) is 0 Å². The van der Waals surface area contributed by atoms with Crippen molar-refractivity contribution in [2.45, 2.75) is 26.2 Å². The minimum atomic E-state index is -0.795. The second kappa shape index (κ2) is 3.96. The van der Waals surface area contributed by atoms with Crippen LogP contribution < -0.4 is 0 Å². The van der Waals surface area contributed by atoms with Gasteiger partial charge in [0.25, 0.3) is 0 Å². The maximum absolute atomic E-state index is 11.2. The van der Waals surface area contributed by atoms with Crippen molar-refractivity contribution in [1.82, 2.24) is 9.38 Å². The highest BCUT2D eigenvalue weighted by Gasteiger charge is 2.23. The van der Waals surface area contributed by atoms with Crippen LogP contribution in [-0.2, 0) is 4.79 Å². The number of carbonyl (C=O) groups is 1. The number of hydrogen-bond acceptors (Lipinski definition) is 2. The SMILES string of the molecule is CCC(C(=O)O)c1c(C)nc2ccccn12. The predicted molar refractivity (Wildman–Crippen MR) is 60.6 cm³/mol. The summed E-state index contributed by atoms with van der Waals surface area (Å²) in [7, 11) is 0. The van der Waals surface area contributed by atoms with Gasteiger partial charge in [-0.1, -0.05) is 13.0 Å². The predicted octanol–water partition coefficient (Wildman–Crippen LogP) is 2.22. The number of carboxylic acids is 1. The topological polar surface area (TPSA) is 54.6 Å². The van der Waals surface area contributed by atoms with Crippen molar-refractivity contribution in [3.05, 3.63) is 35.8 Å². The van der Waals surface area contributed by atoms with Gasteiger partial charge in [0.1, 0.15) is 5.65 Å². The summed E-state index contributed by atoms with van der Waals surface area (Å²) in [5.74, 6) is -1.28. The molecule has 0 spiro atoms. The monoisotopic (exact) mass is 218 g/mol. The van der Waals surface area contributed by atoms with Crippen LogP contribution in [0.5, 0.6) is 0 Å². The van der Waals surface area contributed by atoms with Crippen LogP contribution in [0, 0.1) is 6.92 Å². The summed E-state index contributed by atoms with van der Waals surface area (Å²) in [6.45, 7) is 3.73. The molecular formula is C12H14N2O2. The van der Waals surface area contributed by atoms with Crippen molar-refractivity contribution in [1.29, 1.82) is 0 Å². The molecule has 1 atom stereocenters. The molecule has 0 saturated heterocycles. The molecule has 84 valence electrons. The Kier molecular flexibility index (Phi) is 2.64. The van der Waals surface area contributed by atoms with Gasteiger partial charge in [0.15, 0.2) is 0 Å². The molecule has 2 aromatic rings. The van der Waals surface area contributed by atoms with Gasteiger partial charge in [-0.25, -0.2) is 4.98 Å². The van der Waals surface area contributed by atoms with E-state index in [2.05, 4.69) is 4.98 Å². The smallest absolute Gasteiger partial charge is 0.312 e. The molecule has 2 aromatic heterocycles. The highest BCUT2D eigenvalue weighted by Crippen LogP contribution is 2.24. The molecule has 4 nitrogen and oxygen atoms in total. The first-order chi connectivity index (χ1) is 7.65. The molecule has 0 saturated carbocycles. The Balaban J connectivity index is 2.66. The van der Waals surface area contributed by atoms with E-state index in [1.165, 1.54) is 0 Å². The van der Waals surface area contributed by atoms with Gasteiger partial charge in [-0.05, 0) is 25.5 Å². The van der Waals surface area contributed by atoms with E-state index in [1.807, 2.05) is 42.6 Å². The van der Waals surface area contributed by atoms with Crippen LogP contribution in [0.1, 0.15) is 30.7 Å². The molecule has 0 amide bonds. The minimum absolute atomic E-state index is 0.489. The van der Waals surface area contributed by atoms with Crippen LogP contribution in [0.25, 0.3) is 5.65 Å². The van der Waals surface area contributed by atoms with Gasteiger partial charge in [-0.2, -0.15) is 0 Å². The Morgan fingerprint density at radius 1 is 1.56 bits per heavy atom. The van der Waals surface area contributed by atoms with Crippen LogP contribution in [-0.4, -0.2) is 20.5 Å². The number of nitrogens with zero attached hydrogens (tertiary/aromatic N) is 2. The highest BCUT2D eigenvalue weighted by atomic mass is 16.4. The third-order valence-electron chi connectivity index (χ3n) is 2.79. The number of imidazole rings is 1. The number of hydrogen-bond donors (Lipinski definition) is 1. The van der Waals surface area contributed by atoms with Crippen molar-refractivity contribution >= 4 is 11.6 Å². The number of aryl methyl sites for hydroxylation is 1. The van der Waals surface area contributed by atoms with Gasteiger partial charge >= 0.3 is 5.97 Å². The zero-order valence-corrected chi connectivity index (χ0v) is 9.34. The molecule has 0 radical (unpaired) electrons. The van der Waals surface area contributed by atoms with Crippen molar-refractivity contribution in [3.63, 3.8) is 0 Å². The lowest BCUT2D eigenvalue weighted by Gasteiger charge is -2.10. The molecule has 0 fully saturated rings. The Morgan fingerprint density at radius 3 is 2.94 bits per heavy atom. The molecule has 4 heteroatoms. The highest BCUT2D eigenvalue weighted by molar-refractivity contribution is 5.76. The van der Waals surface area contributed by atoms with E-state index in [0.29, 0.717) is 6.42 Å². The zero-order chi connectivity index (χ0) is 11.7. The number of fused-ring (bicyclic) bond motifs is 1. The fourth-order valence-corrected chi connectivity index (χ4v) is 2.04. The van der Waals surface area contributed by atoms with E-state index >= 15 is 0 Å². The lowest BCUT2D eigenvalue weighted by Crippen LogP contribution is -2.13. The summed E-state index contributed by atoms with van der Waals surface area (Å²) in [5.41, 5.74) is 2.38. The third kappa shape index (κ3) is 1.56. The van der Waals surface area contributed by atoms with Crippen LogP contribution >= 0.6 is 0 Å². The fourth-order valence-electron chi connectivity index (χ4n) is 2.04. The molecule has 0 bridgehead atoms. The Bertz CT molecular complexity index is 531. The third-order valence-corrected chi connectivity index (χ3v) is 2.79. The maximum Gasteiger partial charge on any atom is 0.312 e. The van der Waals surface area contributed by atoms with E-state index in [-0.39, 0.29) is 0 Å². The first kappa shape index (κ1) is 10.7. The molecule has 16 heavy (non-hydrogen) atoms. The molecule has 0 aliphatic rings. The summed E-state index contributed by atoms with van der Waals surface area (Å²) in [5, 5.41) is 9.19. The number of pyridine rings is 1. The van der Waals surface area contributed by atoms with Crippen LogP contribution in [0.15, 0.2) is 24.4 Å². The largest absolute Gasteiger partial charge is 0.481 e. The van der Waals surface area contributed by atoms with E-state index in [1.54, 1.807) is 0 Å². The van der Waals surface area contributed by atoms with Crippen molar-refractivity contribution in [2.24, 2.45) is 0 Å². The second-order valence-corrected chi connectivity index (χ2v) is 3.81. The van der Waals surface area contributed by atoms with Crippen molar-refractivity contribution in [3.8, 4) is 0 Å². The summed E-state index contributed by atoms with van der Waals surface area (Å²) in [6.07, 6.45) is 2.43. The molecule has 1 N–H and O–H groups in total. The number of carboxylic acid groups (broad SMARTS) is 1.